The normalized spacial score (nSPS) is 23.3. The van der Waals surface area contributed by atoms with E-state index in [1.54, 1.807) is 0 Å². The van der Waals surface area contributed by atoms with E-state index in [2.05, 4.69) is 5.32 Å². The van der Waals surface area contributed by atoms with E-state index in [1.165, 1.54) is 0 Å². The van der Waals surface area contributed by atoms with Gasteiger partial charge >= 0.3 is 5.97 Å². The molecule has 0 bridgehead atoms. The van der Waals surface area contributed by atoms with E-state index in [9.17, 15) is 9.59 Å². The zero-order valence-electron chi connectivity index (χ0n) is 11.1. The average Bonchev–Trinajstić information content (AvgIpc) is 2.72. The summed E-state index contributed by atoms with van der Waals surface area (Å²) in [5.41, 5.74) is 0. The largest absolute Gasteiger partial charge is 0.481 e. The molecule has 0 unspecified atom stereocenters. The first-order chi connectivity index (χ1) is 8.50. The Kier molecular flexibility index (Phi) is 6.12. The number of rotatable bonds is 7. The van der Waals surface area contributed by atoms with E-state index in [0.29, 0.717) is 25.9 Å². The zero-order valence-corrected chi connectivity index (χ0v) is 11.1. The number of hydrogen-bond donors (Lipinski definition) is 2. The van der Waals surface area contributed by atoms with Crippen molar-refractivity contribution in [1.82, 2.24) is 5.32 Å². The Bertz CT molecular complexity index is 291. The topological polar surface area (TPSA) is 75.6 Å². The van der Waals surface area contributed by atoms with E-state index >= 15 is 0 Å². The molecule has 1 fully saturated rings. The Labute approximate surface area is 108 Å². The molecule has 104 valence electrons. The molecule has 0 spiro atoms. The molecule has 5 nitrogen and oxygen atoms in total. The van der Waals surface area contributed by atoms with Crippen molar-refractivity contribution >= 4 is 11.9 Å². The molecule has 1 amide bonds. The number of carboxylic acid groups (broad SMARTS) is 1. The van der Waals surface area contributed by atoms with Gasteiger partial charge in [0, 0.05) is 19.1 Å². The predicted molar refractivity (Wildman–Crippen MR) is 67.2 cm³/mol. The summed E-state index contributed by atoms with van der Waals surface area (Å²) in [4.78, 5) is 22.6. The number of amides is 1. The minimum atomic E-state index is -0.805. The van der Waals surface area contributed by atoms with Gasteiger partial charge in [0.25, 0.3) is 0 Å². The average molecular weight is 257 g/mol. The Morgan fingerprint density at radius 3 is 2.72 bits per heavy atom. The number of carbonyl (C=O) groups is 2. The second-order valence-corrected chi connectivity index (χ2v) is 5.07. The van der Waals surface area contributed by atoms with Gasteiger partial charge in [-0.1, -0.05) is 6.42 Å². The van der Waals surface area contributed by atoms with Crippen LogP contribution in [0.1, 0.15) is 46.0 Å². The molecule has 0 saturated heterocycles. The molecule has 5 heteroatoms. The first-order valence-corrected chi connectivity index (χ1v) is 6.64. The molecule has 2 N–H and O–H groups in total. The molecule has 1 aliphatic rings. The van der Waals surface area contributed by atoms with Gasteiger partial charge in [-0.15, -0.1) is 0 Å². The third-order valence-electron chi connectivity index (χ3n) is 3.18. The number of carboxylic acids is 1. The van der Waals surface area contributed by atoms with Crippen LogP contribution in [-0.2, 0) is 14.3 Å². The summed E-state index contributed by atoms with van der Waals surface area (Å²) in [5, 5.41) is 11.8. The zero-order chi connectivity index (χ0) is 13.5. The fraction of sp³-hybridized carbons (Fsp3) is 0.846. The van der Waals surface area contributed by atoms with Crippen LogP contribution in [0.4, 0.5) is 0 Å². The molecule has 1 saturated carbocycles. The van der Waals surface area contributed by atoms with E-state index < -0.39 is 11.9 Å². The van der Waals surface area contributed by atoms with Gasteiger partial charge in [0.05, 0.1) is 12.0 Å². The third-order valence-corrected chi connectivity index (χ3v) is 3.18. The Morgan fingerprint density at radius 2 is 2.11 bits per heavy atom. The molecule has 0 aromatic heterocycles. The highest BCUT2D eigenvalue weighted by Gasteiger charge is 2.33. The smallest absolute Gasteiger partial charge is 0.308 e. The third kappa shape index (κ3) is 5.04. The van der Waals surface area contributed by atoms with Crippen molar-refractivity contribution in [2.24, 2.45) is 5.92 Å². The summed E-state index contributed by atoms with van der Waals surface area (Å²) >= 11 is 0. The van der Waals surface area contributed by atoms with Gasteiger partial charge < -0.3 is 15.2 Å². The standard InChI is InChI=1S/C13H23NO4/c1-9(2)18-8-4-7-12(15)14-11-6-3-5-10(11)13(16)17/h9-11H,3-8H2,1-2H3,(H,14,15)(H,16,17)/t10-,11+/m0/s1. The maximum Gasteiger partial charge on any atom is 0.308 e. The number of aliphatic carboxylic acids is 1. The molecular formula is C13H23NO4. The van der Waals surface area contributed by atoms with Gasteiger partial charge in [0.2, 0.25) is 5.91 Å². The van der Waals surface area contributed by atoms with Gasteiger partial charge in [-0.3, -0.25) is 9.59 Å². The van der Waals surface area contributed by atoms with Crippen LogP contribution in [0.15, 0.2) is 0 Å². The minimum Gasteiger partial charge on any atom is -0.481 e. The van der Waals surface area contributed by atoms with Gasteiger partial charge in [0.15, 0.2) is 0 Å². The summed E-state index contributed by atoms with van der Waals surface area (Å²) in [6.45, 7) is 4.48. The van der Waals surface area contributed by atoms with Crippen molar-refractivity contribution in [1.29, 1.82) is 0 Å². The SMILES string of the molecule is CC(C)OCCCC(=O)N[C@@H]1CCC[C@@H]1C(=O)O. The molecular weight excluding hydrogens is 234 g/mol. The van der Waals surface area contributed by atoms with Crippen LogP contribution in [0.2, 0.25) is 0 Å². The second-order valence-electron chi connectivity index (χ2n) is 5.07. The lowest BCUT2D eigenvalue weighted by Crippen LogP contribution is -2.40. The summed E-state index contributed by atoms with van der Waals surface area (Å²) in [5.74, 6) is -1.29. The number of hydrogen-bond acceptors (Lipinski definition) is 3. The van der Waals surface area contributed by atoms with Crippen molar-refractivity contribution in [3.05, 3.63) is 0 Å². The minimum absolute atomic E-state index is 0.0690. The molecule has 1 rings (SSSR count). The quantitative estimate of drug-likeness (QED) is 0.679. The van der Waals surface area contributed by atoms with E-state index in [1.807, 2.05) is 13.8 Å². The lowest BCUT2D eigenvalue weighted by molar-refractivity contribution is -0.142. The first kappa shape index (κ1) is 15.0. The fourth-order valence-corrected chi connectivity index (χ4v) is 2.26. The molecule has 0 radical (unpaired) electrons. The lowest BCUT2D eigenvalue weighted by atomic mass is 10.0. The summed E-state index contributed by atoms with van der Waals surface area (Å²) in [6.07, 6.45) is 3.56. The summed E-state index contributed by atoms with van der Waals surface area (Å²) < 4.78 is 5.35. The van der Waals surface area contributed by atoms with Crippen LogP contribution < -0.4 is 5.32 Å². The van der Waals surface area contributed by atoms with E-state index in [4.69, 9.17) is 9.84 Å². The first-order valence-electron chi connectivity index (χ1n) is 6.64. The van der Waals surface area contributed by atoms with E-state index in [0.717, 1.165) is 12.8 Å². The van der Waals surface area contributed by atoms with Crippen LogP contribution in [0, 0.1) is 5.92 Å². The van der Waals surface area contributed by atoms with Crippen LogP contribution >= 0.6 is 0 Å². The fourth-order valence-electron chi connectivity index (χ4n) is 2.26. The van der Waals surface area contributed by atoms with Crippen LogP contribution in [0.3, 0.4) is 0 Å². The maximum absolute atomic E-state index is 11.7. The maximum atomic E-state index is 11.7. The predicted octanol–water partition coefficient (Wildman–Crippen LogP) is 1.56. The van der Waals surface area contributed by atoms with Crippen molar-refractivity contribution in [3.8, 4) is 0 Å². The van der Waals surface area contributed by atoms with Crippen LogP contribution in [0.5, 0.6) is 0 Å². The summed E-state index contributed by atoms with van der Waals surface area (Å²) in [7, 11) is 0. The number of carbonyl (C=O) groups excluding carboxylic acids is 1. The number of nitrogens with one attached hydrogen (secondary N) is 1. The van der Waals surface area contributed by atoms with Crippen molar-refractivity contribution in [2.45, 2.75) is 58.1 Å². The molecule has 0 aromatic carbocycles. The second kappa shape index (κ2) is 7.36. The van der Waals surface area contributed by atoms with E-state index in [-0.39, 0.29) is 18.1 Å². The highest BCUT2D eigenvalue weighted by atomic mass is 16.5. The van der Waals surface area contributed by atoms with Gasteiger partial charge in [-0.25, -0.2) is 0 Å². The Balaban J connectivity index is 2.21. The Morgan fingerprint density at radius 1 is 1.39 bits per heavy atom. The van der Waals surface area contributed by atoms with Crippen molar-refractivity contribution < 1.29 is 19.4 Å². The molecule has 0 heterocycles. The van der Waals surface area contributed by atoms with Gasteiger partial charge in [0.1, 0.15) is 0 Å². The molecule has 0 aliphatic heterocycles. The lowest BCUT2D eigenvalue weighted by Gasteiger charge is -2.17. The van der Waals surface area contributed by atoms with Crippen molar-refractivity contribution in [3.63, 3.8) is 0 Å². The van der Waals surface area contributed by atoms with Crippen molar-refractivity contribution in [2.75, 3.05) is 6.61 Å². The highest BCUT2D eigenvalue weighted by Crippen LogP contribution is 2.25. The Hall–Kier alpha value is -1.10. The molecule has 18 heavy (non-hydrogen) atoms. The monoisotopic (exact) mass is 257 g/mol. The summed E-state index contributed by atoms with van der Waals surface area (Å²) in [6, 6.07) is -0.194. The van der Waals surface area contributed by atoms with Crippen LogP contribution in [-0.4, -0.2) is 35.7 Å². The highest BCUT2D eigenvalue weighted by molar-refractivity contribution is 5.78. The van der Waals surface area contributed by atoms with Gasteiger partial charge in [-0.2, -0.15) is 0 Å². The molecule has 0 aromatic rings. The van der Waals surface area contributed by atoms with Gasteiger partial charge in [-0.05, 0) is 33.1 Å². The van der Waals surface area contributed by atoms with Crippen LogP contribution in [0.25, 0.3) is 0 Å². The molecule has 2 atom stereocenters. The molecule has 1 aliphatic carbocycles. The number of ether oxygens (including phenoxy) is 1.